The summed E-state index contributed by atoms with van der Waals surface area (Å²) in [5.74, 6) is 0.845. The molecule has 0 fully saturated rings. The highest BCUT2D eigenvalue weighted by atomic mass is 127. The zero-order valence-electron chi connectivity index (χ0n) is 14.5. The van der Waals surface area contributed by atoms with Crippen LogP contribution in [-0.4, -0.2) is 37.0 Å². The third-order valence-electron chi connectivity index (χ3n) is 3.43. The van der Waals surface area contributed by atoms with E-state index in [-0.39, 0.29) is 24.0 Å². The molecule has 0 saturated carbocycles. The molecule has 0 saturated heterocycles. The summed E-state index contributed by atoms with van der Waals surface area (Å²) in [7, 11) is 1.80. The summed E-state index contributed by atoms with van der Waals surface area (Å²) in [6.07, 6.45) is 0. The Morgan fingerprint density at radius 2 is 1.64 bits per heavy atom. The molecule has 0 spiro atoms. The molecule has 0 unspecified atom stereocenters. The third kappa shape index (κ3) is 7.98. The Morgan fingerprint density at radius 1 is 1.09 bits per heavy atom. The van der Waals surface area contributed by atoms with Crippen molar-refractivity contribution in [2.75, 3.05) is 20.1 Å². The van der Waals surface area contributed by atoms with E-state index in [1.807, 2.05) is 0 Å². The van der Waals surface area contributed by atoms with Gasteiger partial charge in [0, 0.05) is 26.2 Å². The minimum absolute atomic E-state index is 0. The lowest BCUT2D eigenvalue weighted by molar-refractivity contribution is 0.296. The van der Waals surface area contributed by atoms with Crippen molar-refractivity contribution in [2.45, 2.75) is 46.8 Å². The van der Waals surface area contributed by atoms with Crippen LogP contribution in [0.2, 0.25) is 0 Å². The molecular weight excluding hydrogens is 387 g/mol. The molecule has 0 radical (unpaired) electrons. The normalized spacial score (nSPS) is 11.5. The van der Waals surface area contributed by atoms with Gasteiger partial charge in [-0.25, -0.2) is 0 Å². The molecule has 0 aliphatic carbocycles. The van der Waals surface area contributed by atoms with Crippen molar-refractivity contribution in [2.24, 2.45) is 4.99 Å². The Kier molecular flexibility index (Phi) is 11.3. The van der Waals surface area contributed by atoms with Gasteiger partial charge in [0.25, 0.3) is 0 Å². The first-order valence-electron chi connectivity index (χ1n) is 7.86. The summed E-state index contributed by atoms with van der Waals surface area (Å²) < 4.78 is 0. The molecule has 0 aliphatic heterocycles. The van der Waals surface area contributed by atoms with E-state index in [1.165, 1.54) is 11.1 Å². The van der Waals surface area contributed by atoms with Gasteiger partial charge >= 0.3 is 0 Å². The van der Waals surface area contributed by atoms with Crippen molar-refractivity contribution in [3.63, 3.8) is 0 Å². The van der Waals surface area contributed by atoms with Crippen molar-refractivity contribution in [1.82, 2.24) is 15.5 Å². The molecule has 126 valence electrons. The maximum atomic E-state index is 4.21. The van der Waals surface area contributed by atoms with Crippen LogP contribution in [0.4, 0.5) is 0 Å². The standard InChI is InChI=1S/C17H30N4.HI/c1-6-21(7-2)13-16-10-8-15(9-11-16)12-19-17(18-5)20-14(3)4;/h8-11,14H,6-7,12-13H2,1-5H3,(H2,18,19,20);1H. The molecule has 5 heteroatoms. The van der Waals surface area contributed by atoms with Crippen LogP contribution in [0, 0.1) is 0 Å². The van der Waals surface area contributed by atoms with Gasteiger partial charge in [-0.05, 0) is 38.1 Å². The molecule has 0 aromatic heterocycles. The van der Waals surface area contributed by atoms with Crippen LogP contribution in [-0.2, 0) is 13.1 Å². The minimum atomic E-state index is 0. The smallest absolute Gasteiger partial charge is 0.191 e. The molecule has 1 aromatic rings. The van der Waals surface area contributed by atoms with Gasteiger partial charge in [0.15, 0.2) is 5.96 Å². The molecule has 0 aliphatic rings. The lowest BCUT2D eigenvalue weighted by Gasteiger charge is -2.18. The van der Waals surface area contributed by atoms with E-state index < -0.39 is 0 Å². The van der Waals surface area contributed by atoms with E-state index in [1.54, 1.807) is 7.05 Å². The molecule has 22 heavy (non-hydrogen) atoms. The zero-order valence-corrected chi connectivity index (χ0v) is 16.8. The predicted molar refractivity (Wildman–Crippen MR) is 107 cm³/mol. The number of rotatable bonds is 7. The Balaban J connectivity index is 0.00000441. The third-order valence-corrected chi connectivity index (χ3v) is 3.43. The fraction of sp³-hybridized carbons (Fsp3) is 0.588. The summed E-state index contributed by atoms with van der Waals surface area (Å²) in [6.45, 7) is 12.6. The van der Waals surface area contributed by atoms with Crippen molar-refractivity contribution < 1.29 is 0 Å². The number of guanidine groups is 1. The van der Waals surface area contributed by atoms with Gasteiger partial charge in [0.2, 0.25) is 0 Å². The van der Waals surface area contributed by atoms with E-state index in [0.29, 0.717) is 6.04 Å². The van der Waals surface area contributed by atoms with Crippen LogP contribution < -0.4 is 10.6 Å². The Bertz CT molecular complexity index is 425. The molecule has 2 N–H and O–H groups in total. The van der Waals surface area contributed by atoms with Crippen molar-refractivity contribution in [3.8, 4) is 0 Å². The van der Waals surface area contributed by atoms with E-state index >= 15 is 0 Å². The lowest BCUT2D eigenvalue weighted by atomic mass is 10.1. The highest BCUT2D eigenvalue weighted by Gasteiger charge is 2.02. The van der Waals surface area contributed by atoms with Crippen LogP contribution in [0.3, 0.4) is 0 Å². The summed E-state index contributed by atoms with van der Waals surface area (Å²) in [6, 6.07) is 9.19. The molecular formula is C17H31IN4. The SMILES string of the molecule is CCN(CC)Cc1ccc(CNC(=NC)NC(C)C)cc1.I. The van der Waals surface area contributed by atoms with Crippen LogP contribution in [0.25, 0.3) is 0 Å². The van der Waals surface area contributed by atoms with Crippen LogP contribution in [0.5, 0.6) is 0 Å². The van der Waals surface area contributed by atoms with Crippen molar-refractivity contribution >= 4 is 29.9 Å². The average Bonchev–Trinajstić information content (AvgIpc) is 2.49. The van der Waals surface area contributed by atoms with Gasteiger partial charge < -0.3 is 10.6 Å². The topological polar surface area (TPSA) is 39.7 Å². The number of nitrogens with one attached hydrogen (secondary N) is 2. The van der Waals surface area contributed by atoms with E-state index in [4.69, 9.17) is 0 Å². The Labute approximate surface area is 152 Å². The Morgan fingerprint density at radius 3 is 2.09 bits per heavy atom. The number of aliphatic imine (C=N–C) groups is 1. The Hall–Kier alpha value is -0.820. The fourth-order valence-electron chi connectivity index (χ4n) is 2.12. The zero-order chi connectivity index (χ0) is 15.7. The van der Waals surface area contributed by atoms with E-state index in [9.17, 15) is 0 Å². The molecule has 4 nitrogen and oxygen atoms in total. The van der Waals surface area contributed by atoms with Gasteiger partial charge in [0.05, 0.1) is 0 Å². The minimum Gasteiger partial charge on any atom is -0.354 e. The lowest BCUT2D eigenvalue weighted by Crippen LogP contribution is -2.40. The van der Waals surface area contributed by atoms with Gasteiger partial charge in [-0.3, -0.25) is 9.89 Å². The highest BCUT2D eigenvalue weighted by Crippen LogP contribution is 2.07. The fourth-order valence-corrected chi connectivity index (χ4v) is 2.12. The van der Waals surface area contributed by atoms with Gasteiger partial charge in [-0.1, -0.05) is 38.1 Å². The number of nitrogens with zero attached hydrogens (tertiary/aromatic N) is 2. The van der Waals surface area contributed by atoms with Gasteiger partial charge in [-0.2, -0.15) is 0 Å². The maximum absolute atomic E-state index is 4.21. The van der Waals surface area contributed by atoms with Crippen molar-refractivity contribution in [3.05, 3.63) is 35.4 Å². The summed E-state index contributed by atoms with van der Waals surface area (Å²) in [5.41, 5.74) is 2.64. The maximum Gasteiger partial charge on any atom is 0.191 e. The molecule has 0 bridgehead atoms. The summed E-state index contributed by atoms with van der Waals surface area (Å²) in [4.78, 5) is 6.63. The first-order valence-corrected chi connectivity index (χ1v) is 7.86. The average molecular weight is 418 g/mol. The van der Waals surface area contributed by atoms with Gasteiger partial charge in [-0.15, -0.1) is 24.0 Å². The number of benzene rings is 1. The molecule has 1 aromatic carbocycles. The van der Waals surface area contributed by atoms with Crippen LogP contribution >= 0.6 is 24.0 Å². The van der Waals surface area contributed by atoms with Crippen LogP contribution in [0.1, 0.15) is 38.8 Å². The predicted octanol–water partition coefficient (Wildman–Crippen LogP) is 3.22. The van der Waals surface area contributed by atoms with Gasteiger partial charge in [0.1, 0.15) is 0 Å². The molecule has 1 rings (SSSR count). The number of hydrogen-bond donors (Lipinski definition) is 2. The quantitative estimate of drug-likeness (QED) is 0.406. The first kappa shape index (κ1) is 21.2. The summed E-state index contributed by atoms with van der Waals surface area (Å²) in [5, 5.41) is 6.61. The summed E-state index contributed by atoms with van der Waals surface area (Å²) >= 11 is 0. The first-order chi connectivity index (χ1) is 10.1. The molecule has 0 amide bonds. The monoisotopic (exact) mass is 418 g/mol. The van der Waals surface area contributed by atoms with Crippen molar-refractivity contribution in [1.29, 1.82) is 0 Å². The number of hydrogen-bond acceptors (Lipinski definition) is 2. The second kappa shape index (κ2) is 11.7. The second-order valence-corrected chi connectivity index (χ2v) is 5.50. The highest BCUT2D eigenvalue weighted by molar-refractivity contribution is 14.0. The van der Waals surface area contributed by atoms with E-state index in [2.05, 4.69) is 72.5 Å². The largest absolute Gasteiger partial charge is 0.354 e. The van der Waals surface area contributed by atoms with E-state index in [0.717, 1.165) is 32.1 Å². The second-order valence-electron chi connectivity index (χ2n) is 5.50. The van der Waals surface area contributed by atoms with Crippen LogP contribution in [0.15, 0.2) is 29.3 Å². The molecule has 0 atom stereocenters. The molecule has 0 heterocycles. The number of halogens is 1.